The minimum absolute atomic E-state index is 0.0804. The van der Waals surface area contributed by atoms with Crippen LogP contribution in [0, 0.1) is 11.3 Å². The van der Waals surface area contributed by atoms with Crippen molar-refractivity contribution in [2.45, 2.75) is 19.0 Å². The molecule has 0 bridgehead atoms. The van der Waals surface area contributed by atoms with Crippen LogP contribution in [0.5, 0.6) is 0 Å². The number of carbonyl (C=O) groups excluding carboxylic acids is 1. The molecule has 21 heavy (non-hydrogen) atoms. The van der Waals surface area contributed by atoms with Crippen molar-refractivity contribution in [2.75, 3.05) is 7.11 Å². The van der Waals surface area contributed by atoms with E-state index in [-0.39, 0.29) is 18.4 Å². The molecule has 1 atom stereocenters. The Kier molecular flexibility index (Phi) is 5.50. The minimum atomic E-state index is -0.244. The number of benzene rings is 1. The van der Waals surface area contributed by atoms with Gasteiger partial charge in [-0.25, -0.2) is 0 Å². The molecule has 0 fully saturated rings. The molecule has 1 unspecified atom stereocenters. The standard InChI is InChI=1S/C16H16N2O2S/c1-20-16(19)9-14(15-6-3-7-21-15)18-11-13-5-2-4-12(8-13)10-17/h2-8,14,18H,9,11H2,1H3. The van der Waals surface area contributed by atoms with Crippen LogP contribution in [0.2, 0.25) is 0 Å². The zero-order valence-electron chi connectivity index (χ0n) is 11.7. The molecule has 0 aliphatic rings. The van der Waals surface area contributed by atoms with E-state index < -0.39 is 0 Å². The Morgan fingerprint density at radius 1 is 1.43 bits per heavy atom. The molecule has 2 rings (SSSR count). The topological polar surface area (TPSA) is 62.1 Å². The normalized spacial score (nSPS) is 11.6. The van der Waals surface area contributed by atoms with Crippen LogP contribution in [-0.2, 0) is 16.1 Å². The van der Waals surface area contributed by atoms with Gasteiger partial charge in [-0.2, -0.15) is 5.26 Å². The lowest BCUT2D eigenvalue weighted by atomic mass is 10.1. The largest absolute Gasteiger partial charge is 0.469 e. The van der Waals surface area contributed by atoms with Gasteiger partial charge in [0, 0.05) is 11.4 Å². The monoisotopic (exact) mass is 300 g/mol. The van der Waals surface area contributed by atoms with Crippen LogP contribution in [0.3, 0.4) is 0 Å². The number of ether oxygens (including phenoxy) is 1. The molecule has 1 aromatic heterocycles. The Bertz CT molecular complexity index is 632. The SMILES string of the molecule is COC(=O)CC(NCc1cccc(C#N)c1)c1cccs1. The lowest BCUT2D eigenvalue weighted by Crippen LogP contribution is -2.23. The van der Waals surface area contributed by atoms with Gasteiger partial charge in [-0.1, -0.05) is 18.2 Å². The Balaban J connectivity index is 2.05. The van der Waals surface area contributed by atoms with Gasteiger partial charge >= 0.3 is 5.97 Å². The van der Waals surface area contributed by atoms with Crippen LogP contribution in [0.15, 0.2) is 41.8 Å². The average Bonchev–Trinajstić information content (AvgIpc) is 3.05. The highest BCUT2D eigenvalue weighted by Crippen LogP contribution is 2.23. The summed E-state index contributed by atoms with van der Waals surface area (Å²) in [4.78, 5) is 12.6. The van der Waals surface area contributed by atoms with Gasteiger partial charge in [0.2, 0.25) is 0 Å². The van der Waals surface area contributed by atoms with E-state index in [1.54, 1.807) is 17.4 Å². The van der Waals surface area contributed by atoms with E-state index >= 15 is 0 Å². The lowest BCUT2D eigenvalue weighted by molar-refractivity contribution is -0.141. The summed E-state index contributed by atoms with van der Waals surface area (Å²) in [5.41, 5.74) is 1.65. The van der Waals surface area contributed by atoms with Crippen molar-refractivity contribution in [2.24, 2.45) is 0 Å². The summed E-state index contributed by atoms with van der Waals surface area (Å²) in [6.07, 6.45) is 0.287. The molecule has 0 saturated heterocycles. The van der Waals surface area contributed by atoms with Gasteiger partial charge < -0.3 is 10.1 Å². The first-order valence-electron chi connectivity index (χ1n) is 6.55. The fraction of sp³-hybridized carbons (Fsp3) is 0.250. The highest BCUT2D eigenvalue weighted by Gasteiger charge is 2.17. The fourth-order valence-corrected chi connectivity index (χ4v) is 2.81. The second kappa shape index (κ2) is 7.58. The maximum Gasteiger partial charge on any atom is 0.307 e. The Morgan fingerprint density at radius 2 is 2.29 bits per heavy atom. The van der Waals surface area contributed by atoms with E-state index in [9.17, 15) is 4.79 Å². The molecule has 0 aliphatic carbocycles. The number of hydrogen-bond acceptors (Lipinski definition) is 5. The van der Waals surface area contributed by atoms with Crippen LogP contribution in [0.25, 0.3) is 0 Å². The first-order chi connectivity index (χ1) is 10.2. The molecular formula is C16H16N2O2S. The predicted molar refractivity (Wildman–Crippen MR) is 81.7 cm³/mol. The molecule has 0 amide bonds. The number of nitrogens with zero attached hydrogens (tertiary/aromatic N) is 1. The van der Waals surface area contributed by atoms with E-state index in [1.807, 2.05) is 35.7 Å². The van der Waals surface area contributed by atoms with Crippen LogP contribution >= 0.6 is 11.3 Å². The number of thiophene rings is 1. The Hall–Kier alpha value is -2.16. The first-order valence-corrected chi connectivity index (χ1v) is 7.43. The summed E-state index contributed by atoms with van der Waals surface area (Å²) in [6, 6.07) is 13.4. The zero-order chi connectivity index (χ0) is 15.1. The van der Waals surface area contributed by atoms with Crippen LogP contribution in [-0.4, -0.2) is 13.1 Å². The minimum Gasteiger partial charge on any atom is -0.469 e. The summed E-state index contributed by atoms with van der Waals surface area (Å²) >= 11 is 1.60. The number of methoxy groups -OCH3 is 1. The molecule has 0 spiro atoms. The molecule has 0 saturated carbocycles. The van der Waals surface area contributed by atoms with Crippen molar-refractivity contribution in [1.82, 2.24) is 5.32 Å². The van der Waals surface area contributed by atoms with Gasteiger partial charge in [0.25, 0.3) is 0 Å². The van der Waals surface area contributed by atoms with Crippen molar-refractivity contribution in [1.29, 1.82) is 5.26 Å². The molecule has 0 radical (unpaired) electrons. The maximum absolute atomic E-state index is 11.5. The van der Waals surface area contributed by atoms with Crippen molar-refractivity contribution < 1.29 is 9.53 Å². The van der Waals surface area contributed by atoms with Crippen molar-refractivity contribution in [3.05, 3.63) is 57.8 Å². The van der Waals surface area contributed by atoms with E-state index in [2.05, 4.69) is 11.4 Å². The third-order valence-electron chi connectivity index (χ3n) is 3.09. The summed E-state index contributed by atoms with van der Waals surface area (Å²) in [5, 5.41) is 14.2. The van der Waals surface area contributed by atoms with E-state index in [0.717, 1.165) is 10.4 Å². The molecule has 2 aromatic rings. The maximum atomic E-state index is 11.5. The third-order valence-corrected chi connectivity index (χ3v) is 4.08. The van der Waals surface area contributed by atoms with Gasteiger partial charge in [0.1, 0.15) is 0 Å². The summed E-state index contributed by atoms with van der Waals surface area (Å²) in [7, 11) is 1.39. The molecule has 5 heteroatoms. The molecule has 1 heterocycles. The van der Waals surface area contributed by atoms with Gasteiger partial charge in [-0.15, -0.1) is 11.3 Å². The van der Waals surface area contributed by atoms with Crippen LogP contribution < -0.4 is 5.32 Å². The van der Waals surface area contributed by atoms with Crippen molar-refractivity contribution in [3.63, 3.8) is 0 Å². The molecule has 1 N–H and O–H groups in total. The summed E-state index contributed by atoms with van der Waals surface area (Å²) < 4.78 is 4.75. The molecule has 108 valence electrons. The van der Waals surface area contributed by atoms with Crippen molar-refractivity contribution >= 4 is 17.3 Å². The number of esters is 1. The Morgan fingerprint density at radius 3 is 2.95 bits per heavy atom. The first kappa shape index (κ1) is 15.2. The van der Waals surface area contributed by atoms with Gasteiger partial charge in [0.15, 0.2) is 0 Å². The lowest BCUT2D eigenvalue weighted by Gasteiger charge is -2.16. The van der Waals surface area contributed by atoms with Crippen LogP contribution in [0.4, 0.5) is 0 Å². The number of rotatable bonds is 6. The molecule has 4 nitrogen and oxygen atoms in total. The second-order valence-electron chi connectivity index (χ2n) is 4.54. The number of nitriles is 1. The van der Waals surface area contributed by atoms with E-state index in [0.29, 0.717) is 12.1 Å². The van der Waals surface area contributed by atoms with Crippen molar-refractivity contribution in [3.8, 4) is 6.07 Å². The second-order valence-corrected chi connectivity index (χ2v) is 5.52. The average molecular weight is 300 g/mol. The van der Waals surface area contributed by atoms with E-state index in [1.165, 1.54) is 7.11 Å². The fourth-order valence-electron chi connectivity index (χ4n) is 2.00. The molecule has 0 aliphatic heterocycles. The third kappa shape index (κ3) is 4.42. The number of hydrogen-bond donors (Lipinski definition) is 1. The van der Waals surface area contributed by atoms with Gasteiger partial charge in [0.05, 0.1) is 31.2 Å². The number of nitrogens with one attached hydrogen (secondary N) is 1. The summed E-state index contributed by atoms with van der Waals surface area (Å²) in [6.45, 7) is 0.592. The Labute approximate surface area is 128 Å². The predicted octanol–water partition coefficient (Wildman–Crippen LogP) is 3.01. The highest BCUT2D eigenvalue weighted by molar-refractivity contribution is 7.10. The number of carbonyl (C=O) groups is 1. The highest BCUT2D eigenvalue weighted by atomic mass is 32.1. The summed E-state index contributed by atoms with van der Waals surface area (Å²) in [5.74, 6) is -0.244. The van der Waals surface area contributed by atoms with E-state index in [4.69, 9.17) is 10.00 Å². The van der Waals surface area contributed by atoms with Gasteiger partial charge in [-0.05, 0) is 29.1 Å². The van der Waals surface area contributed by atoms with Crippen LogP contribution in [0.1, 0.15) is 28.5 Å². The zero-order valence-corrected chi connectivity index (χ0v) is 12.5. The smallest absolute Gasteiger partial charge is 0.307 e. The van der Waals surface area contributed by atoms with Gasteiger partial charge in [-0.3, -0.25) is 4.79 Å². The molecular weight excluding hydrogens is 284 g/mol. The molecule has 1 aromatic carbocycles. The quantitative estimate of drug-likeness (QED) is 0.833.